The first-order valence-electron chi connectivity index (χ1n) is 17.4. The molecular weight excluding hydrogens is 718 g/mol. The van der Waals surface area contributed by atoms with Gasteiger partial charge in [-0.05, 0) is 24.6 Å². The first-order valence-corrected chi connectivity index (χ1v) is 17.4. The minimum atomic E-state index is -2.10. The molecule has 1 aromatic rings. The van der Waals surface area contributed by atoms with Gasteiger partial charge in [-0.2, -0.15) is 0 Å². The molecule has 0 radical (unpaired) electrons. The quantitative estimate of drug-likeness (QED) is 0.132. The fraction of sp³-hybridized carbons (Fsp3) is 0.636. The van der Waals surface area contributed by atoms with Gasteiger partial charge in [0.1, 0.15) is 42.1 Å². The van der Waals surface area contributed by atoms with Gasteiger partial charge in [-0.25, -0.2) is 0 Å². The summed E-state index contributed by atoms with van der Waals surface area (Å²) in [6, 6.07) is -4.88. The normalized spacial score (nSPS) is 34.8. The van der Waals surface area contributed by atoms with Gasteiger partial charge in [0, 0.05) is 38.3 Å². The molecule has 13 atom stereocenters. The van der Waals surface area contributed by atoms with Crippen molar-refractivity contribution in [2.24, 2.45) is 11.7 Å². The summed E-state index contributed by atoms with van der Waals surface area (Å²) in [6.07, 6.45) is -11.6. The van der Waals surface area contributed by atoms with Gasteiger partial charge in [0.25, 0.3) is 0 Å². The third-order valence-electron chi connectivity index (χ3n) is 9.82. The number of rotatable bonds is 5. The molecule has 3 aliphatic heterocycles. The van der Waals surface area contributed by atoms with E-state index in [4.69, 9.17) is 5.73 Å². The van der Waals surface area contributed by atoms with Crippen molar-refractivity contribution < 1.29 is 69.6 Å². The summed E-state index contributed by atoms with van der Waals surface area (Å²) in [7, 11) is 0. The lowest BCUT2D eigenvalue weighted by Crippen LogP contribution is -2.63. The second kappa shape index (κ2) is 17.8. The zero-order chi connectivity index (χ0) is 40.2. The van der Waals surface area contributed by atoms with Crippen molar-refractivity contribution in [3.63, 3.8) is 0 Å². The van der Waals surface area contributed by atoms with E-state index in [0.29, 0.717) is 5.56 Å². The number of carbonyl (C=O) groups excluding carboxylic acids is 6. The van der Waals surface area contributed by atoms with Crippen LogP contribution >= 0.6 is 0 Å². The number of aliphatic hydroxyl groups is 7. The molecular formula is C33H49N7O14. The smallest absolute Gasteiger partial charge is 0.248 e. The number of amides is 6. The summed E-state index contributed by atoms with van der Waals surface area (Å²) in [5.41, 5.74) is 6.32. The van der Waals surface area contributed by atoms with Crippen LogP contribution in [0.15, 0.2) is 24.3 Å². The predicted octanol–water partition coefficient (Wildman–Crippen LogP) is -7.18. The summed E-state index contributed by atoms with van der Waals surface area (Å²) in [5, 5.41) is 93.2. The van der Waals surface area contributed by atoms with Gasteiger partial charge < -0.3 is 77.7 Å². The second-order valence-corrected chi connectivity index (χ2v) is 14.1. The van der Waals surface area contributed by atoms with Crippen molar-refractivity contribution >= 4 is 35.4 Å². The van der Waals surface area contributed by atoms with E-state index in [0.717, 1.165) is 16.7 Å². The topological polar surface area (TPSA) is 345 Å². The first kappa shape index (κ1) is 42.3. The maximum absolute atomic E-state index is 13.8. The van der Waals surface area contributed by atoms with Crippen LogP contribution in [0.25, 0.3) is 0 Å². The monoisotopic (exact) mass is 767 g/mol. The van der Waals surface area contributed by atoms with Gasteiger partial charge in [-0.3, -0.25) is 28.8 Å². The number of aromatic hydroxyl groups is 1. The average Bonchev–Trinajstić information content (AvgIpc) is 3.66. The second-order valence-electron chi connectivity index (χ2n) is 14.1. The standard InChI is InChI=1S/C33H49N7O14/c1-13-10-40-25(26(13)47)31(52)38-29(50)22(46)9-18(34)27(48)36-23(14(2)42)33(54)39-11-17(44)8-20(39)28(49)37-24(30(51)35-19(12-41)32(40)53)21(45)7-15-3-5-16(43)6-4-15/h3-6,13-14,17-26,29,41-47,50H,7-12,34H2,1-2H3,(H,35,51)(H,36,48)(H,37,49)(H,38,52)/t13-,14+,17+,18?,19-,20-,21+,22?,23-,24-,25-,26-,29?/m0/s1. The Morgan fingerprint density at radius 1 is 0.796 bits per heavy atom. The molecule has 6 amide bonds. The van der Waals surface area contributed by atoms with Gasteiger partial charge >= 0.3 is 0 Å². The van der Waals surface area contributed by atoms with Crippen LogP contribution in [-0.4, -0.2) is 179 Å². The van der Waals surface area contributed by atoms with E-state index in [1.54, 1.807) is 0 Å². The van der Waals surface area contributed by atoms with Crippen molar-refractivity contribution in [2.45, 2.75) is 106 Å². The molecule has 0 saturated carbocycles. The molecule has 3 saturated heterocycles. The van der Waals surface area contributed by atoms with Crippen molar-refractivity contribution in [3.05, 3.63) is 29.8 Å². The Balaban J connectivity index is 1.75. The van der Waals surface area contributed by atoms with Crippen LogP contribution < -0.4 is 27.0 Å². The highest BCUT2D eigenvalue weighted by atomic mass is 16.3. The van der Waals surface area contributed by atoms with Gasteiger partial charge in [0.15, 0.2) is 6.23 Å². The lowest BCUT2D eigenvalue weighted by atomic mass is 10.00. The highest BCUT2D eigenvalue weighted by Crippen LogP contribution is 2.26. The number of aliphatic hydroxyl groups excluding tert-OH is 7. The Bertz CT molecular complexity index is 1550. The number of nitrogens with one attached hydrogen (secondary N) is 4. The molecule has 0 aliphatic carbocycles. The zero-order valence-electron chi connectivity index (χ0n) is 29.6. The minimum Gasteiger partial charge on any atom is -0.508 e. The minimum absolute atomic E-state index is 0.0982. The number of fused-ring (bicyclic) bond motifs is 2. The summed E-state index contributed by atoms with van der Waals surface area (Å²) in [5.74, 6) is -7.50. The number of nitrogens with zero attached hydrogens (tertiary/aromatic N) is 2. The van der Waals surface area contributed by atoms with E-state index in [1.807, 2.05) is 0 Å². The van der Waals surface area contributed by atoms with E-state index in [2.05, 4.69) is 21.3 Å². The molecule has 300 valence electrons. The van der Waals surface area contributed by atoms with Gasteiger partial charge in [-0.1, -0.05) is 19.1 Å². The van der Waals surface area contributed by atoms with Crippen molar-refractivity contribution in [3.8, 4) is 5.75 Å². The summed E-state index contributed by atoms with van der Waals surface area (Å²) in [4.78, 5) is 83.3. The SMILES string of the molecule is C[C@@H](O)[C@@H]1NC(=O)C(N)CC(O)C(O)NC(=O)[C@@H]2[C@@H](O)[C@@H](C)CN2C(=O)[C@H](CO)NC(=O)[C@H]([C@H](O)Cc2ccc(O)cc2)NC(=O)[C@@H]2C[C@@H](O)CN2C1=O. The van der Waals surface area contributed by atoms with Crippen LogP contribution in [-0.2, 0) is 35.2 Å². The van der Waals surface area contributed by atoms with Gasteiger partial charge in [0.2, 0.25) is 35.4 Å². The predicted molar refractivity (Wildman–Crippen MR) is 182 cm³/mol. The Hall–Kier alpha value is -4.48. The average molecular weight is 768 g/mol. The Kier molecular flexibility index (Phi) is 13.9. The lowest BCUT2D eigenvalue weighted by molar-refractivity contribution is -0.147. The number of phenols is 1. The molecule has 54 heavy (non-hydrogen) atoms. The molecule has 3 unspecified atom stereocenters. The van der Waals surface area contributed by atoms with E-state index in [1.165, 1.54) is 31.2 Å². The lowest BCUT2D eigenvalue weighted by Gasteiger charge is -2.32. The number of benzene rings is 1. The largest absolute Gasteiger partial charge is 0.508 e. The molecule has 3 fully saturated rings. The Labute approximate surface area is 309 Å². The molecule has 14 N–H and O–H groups in total. The number of hydrogen-bond acceptors (Lipinski definition) is 15. The van der Waals surface area contributed by atoms with Crippen LogP contribution in [0.5, 0.6) is 5.75 Å². The number of carbonyl (C=O) groups is 6. The highest BCUT2D eigenvalue weighted by molar-refractivity contribution is 5.97. The number of phenolic OH excluding ortho intramolecular Hbond substituents is 1. The van der Waals surface area contributed by atoms with Gasteiger partial charge in [-0.15, -0.1) is 0 Å². The van der Waals surface area contributed by atoms with Crippen LogP contribution in [0.4, 0.5) is 0 Å². The fourth-order valence-electron chi connectivity index (χ4n) is 6.73. The third-order valence-corrected chi connectivity index (χ3v) is 9.82. The van der Waals surface area contributed by atoms with Crippen LogP contribution in [0.3, 0.4) is 0 Å². The first-order chi connectivity index (χ1) is 25.3. The molecule has 0 bridgehead atoms. The highest BCUT2D eigenvalue weighted by Gasteiger charge is 2.49. The summed E-state index contributed by atoms with van der Waals surface area (Å²) < 4.78 is 0. The van der Waals surface area contributed by atoms with Crippen LogP contribution in [0.2, 0.25) is 0 Å². The maximum atomic E-state index is 13.8. The van der Waals surface area contributed by atoms with Crippen molar-refractivity contribution in [1.82, 2.24) is 31.1 Å². The molecule has 0 aromatic heterocycles. The summed E-state index contributed by atoms with van der Waals surface area (Å²) >= 11 is 0. The molecule has 1 aromatic carbocycles. The number of nitrogens with two attached hydrogens (primary N) is 1. The molecule has 21 heteroatoms. The van der Waals surface area contributed by atoms with Crippen LogP contribution in [0, 0.1) is 5.92 Å². The van der Waals surface area contributed by atoms with Crippen molar-refractivity contribution in [2.75, 3.05) is 19.7 Å². The number of hydrogen-bond donors (Lipinski definition) is 13. The summed E-state index contributed by atoms with van der Waals surface area (Å²) in [6.45, 7) is 0.855. The molecule has 3 aliphatic rings. The molecule has 3 heterocycles. The fourth-order valence-corrected chi connectivity index (χ4v) is 6.73. The Morgan fingerprint density at radius 3 is 2.04 bits per heavy atom. The van der Waals surface area contributed by atoms with E-state index in [9.17, 15) is 69.6 Å². The van der Waals surface area contributed by atoms with E-state index in [-0.39, 0.29) is 25.1 Å². The van der Waals surface area contributed by atoms with Crippen molar-refractivity contribution in [1.29, 1.82) is 0 Å². The van der Waals surface area contributed by atoms with E-state index < -0.39 is 134 Å². The third kappa shape index (κ3) is 9.60. The molecule has 4 rings (SSSR count). The molecule has 21 nitrogen and oxygen atoms in total. The van der Waals surface area contributed by atoms with Gasteiger partial charge in [0.05, 0.1) is 37.1 Å². The van der Waals surface area contributed by atoms with Crippen LogP contribution in [0.1, 0.15) is 32.3 Å². The van der Waals surface area contributed by atoms with E-state index >= 15 is 0 Å². The molecule has 0 spiro atoms. The zero-order valence-corrected chi connectivity index (χ0v) is 29.6. The Morgan fingerprint density at radius 2 is 1.43 bits per heavy atom. The maximum Gasteiger partial charge on any atom is 0.248 e.